The van der Waals surface area contributed by atoms with Crippen LogP contribution < -0.4 is 5.32 Å². The van der Waals surface area contributed by atoms with Gasteiger partial charge in [0.15, 0.2) is 0 Å². The van der Waals surface area contributed by atoms with Crippen molar-refractivity contribution in [2.45, 2.75) is 57.9 Å². The van der Waals surface area contributed by atoms with E-state index in [0.717, 1.165) is 25.7 Å². The number of benzene rings is 3. The Morgan fingerprint density at radius 2 is 1.61 bits per heavy atom. The Labute approximate surface area is 184 Å². The number of carbonyl (C=O) groups excluding carboxylic acids is 1. The van der Waals surface area contributed by atoms with Crippen LogP contribution in [0.1, 0.15) is 67.4 Å². The van der Waals surface area contributed by atoms with Gasteiger partial charge < -0.3 is 10.4 Å². The second-order valence-electron chi connectivity index (χ2n) is 8.80. The minimum atomic E-state index is -1.30. The largest absolute Gasteiger partial charge is 0.480 e. The monoisotopic (exact) mass is 417 g/mol. The lowest BCUT2D eigenvalue weighted by Gasteiger charge is -2.21. The van der Waals surface area contributed by atoms with Crippen LogP contribution in [0.4, 0.5) is 0 Å². The van der Waals surface area contributed by atoms with Crippen molar-refractivity contribution in [3.63, 3.8) is 0 Å². The van der Waals surface area contributed by atoms with Crippen molar-refractivity contribution in [3.05, 3.63) is 83.4 Å². The van der Waals surface area contributed by atoms with E-state index < -0.39 is 11.5 Å². The topological polar surface area (TPSA) is 66.4 Å². The van der Waals surface area contributed by atoms with Crippen LogP contribution in [0, 0.1) is 0 Å². The standard InChI is InChI=1S/C27H31NO3/c1-19(23-14-8-12-21-11-6-7-13-24(21)23)9-4-5-10-20-15-17-22(18-16-20)25(29)28-27(2,3)26(30)31/h6-8,11-19H,4-5,9-10H2,1-3H3,(H,28,29)(H,30,31)/t19-/m0/s1. The molecule has 3 rings (SSSR count). The van der Waals surface area contributed by atoms with Gasteiger partial charge in [-0.2, -0.15) is 0 Å². The second-order valence-corrected chi connectivity index (χ2v) is 8.80. The van der Waals surface area contributed by atoms with E-state index in [1.54, 1.807) is 12.1 Å². The zero-order chi connectivity index (χ0) is 22.4. The molecule has 4 nitrogen and oxygen atoms in total. The molecule has 0 heterocycles. The minimum absolute atomic E-state index is 0.372. The lowest BCUT2D eigenvalue weighted by molar-refractivity contribution is -0.143. The highest BCUT2D eigenvalue weighted by atomic mass is 16.4. The van der Waals surface area contributed by atoms with Crippen molar-refractivity contribution in [1.29, 1.82) is 0 Å². The highest BCUT2D eigenvalue weighted by Gasteiger charge is 2.29. The van der Waals surface area contributed by atoms with Crippen LogP contribution in [-0.4, -0.2) is 22.5 Å². The van der Waals surface area contributed by atoms with E-state index in [1.165, 1.54) is 35.7 Å². The van der Waals surface area contributed by atoms with Gasteiger partial charge in [-0.15, -0.1) is 0 Å². The van der Waals surface area contributed by atoms with Gasteiger partial charge in [0.1, 0.15) is 5.54 Å². The van der Waals surface area contributed by atoms with Gasteiger partial charge in [0.05, 0.1) is 0 Å². The maximum Gasteiger partial charge on any atom is 0.328 e. The van der Waals surface area contributed by atoms with Crippen LogP contribution in [0.5, 0.6) is 0 Å². The molecule has 3 aromatic carbocycles. The van der Waals surface area contributed by atoms with E-state index in [-0.39, 0.29) is 5.91 Å². The van der Waals surface area contributed by atoms with Gasteiger partial charge in [0.25, 0.3) is 5.91 Å². The third-order valence-electron chi connectivity index (χ3n) is 5.88. The summed E-state index contributed by atoms with van der Waals surface area (Å²) in [5.41, 5.74) is 1.78. The number of hydrogen-bond acceptors (Lipinski definition) is 2. The molecule has 0 radical (unpaired) electrons. The van der Waals surface area contributed by atoms with E-state index in [4.69, 9.17) is 5.11 Å². The van der Waals surface area contributed by atoms with Gasteiger partial charge >= 0.3 is 5.97 Å². The van der Waals surface area contributed by atoms with Crippen LogP contribution in [0.25, 0.3) is 10.8 Å². The molecule has 0 fully saturated rings. The summed E-state index contributed by atoms with van der Waals surface area (Å²) in [5, 5.41) is 14.3. The molecule has 0 aliphatic carbocycles. The van der Waals surface area contributed by atoms with Crippen molar-refractivity contribution < 1.29 is 14.7 Å². The van der Waals surface area contributed by atoms with Gasteiger partial charge in [0.2, 0.25) is 0 Å². The summed E-state index contributed by atoms with van der Waals surface area (Å²) in [7, 11) is 0. The quantitative estimate of drug-likeness (QED) is 0.423. The molecule has 0 spiro atoms. The number of rotatable bonds is 9. The Morgan fingerprint density at radius 3 is 2.32 bits per heavy atom. The van der Waals surface area contributed by atoms with Gasteiger partial charge in [-0.25, -0.2) is 4.79 Å². The van der Waals surface area contributed by atoms with E-state index in [9.17, 15) is 9.59 Å². The summed E-state index contributed by atoms with van der Waals surface area (Å²) in [6, 6.07) is 22.5. The Kier molecular flexibility index (Phi) is 7.11. The molecule has 0 aromatic heterocycles. The number of carbonyl (C=O) groups is 2. The molecule has 0 saturated carbocycles. The van der Waals surface area contributed by atoms with Crippen molar-refractivity contribution in [2.24, 2.45) is 0 Å². The van der Waals surface area contributed by atoms with E-state index >= 15 is 0 Å². The molecule has 0 bridgehead atoms. The Morgan fingerprint density at radius 1 is 0.935 bits per heavy atom. The maximum absolute atomic E-state index is 12.3. The maximum atomic E-state index is 12.3. The normalized spacial score (nSPS) is 12.5. The van der Waals surface area contributed by atoms with Crippen molar-refractivity contribution in [2.75, 3.05) is 0 Å². The van der Waals surface area contributed by atoms with Gasteiger partial charge in [-0.3, -0.25) is 4.79 Å². The Bertz CT molecular complexity index is 1050. The molecular weight excluding hydrogens is 386 g/mol. The summed E-state index contributed by atoms with van der Waals surface area (Å²) in [6.07, 6.45) is 4.33. The average Bonchev–Trinajstić information content (AvgIpc) is 2.76. The third-order valence-corrected chi connectivity index (χ3v) is 5.88. The number of amides is 1. The molecular formula is C27H31NO3. The van der Waals surface area contributed by atoms with Crippen LogP contribution in [0.3, 0.4) is 0 Å². The Balaban J connectivity index is 1.50. The van der Waals surface area contributed by atoms with Crippen molar-refractivity contribution in [1.82, 2.24) is 5.32 Å². The van der Waals surface area contributed by atoms with Crippen LogP contribution in [-0.2, 0) is 11.2 Å². The number of unbranched alkanes of at least 4 members (excludes halogenated alkanes) is 1. The molecule has 31 heavy (non-hydrogen) atoms. The number of hydrogen-bond donors (Lipinski definition) is 2. The number of aliphatic carboxylic acids is 1. The lowest BCUT2D eigenvalue weighted by Crippen LogP contribution is -2.49. The SMILES string of the molecule is C[C@@H](CCCCc1ccc(C(=O)NC(C)(C)C(=O)O)cc1)c1cccc2ccccc12. The fourth-order valence-corrected chi connectivity index (χ4v) is 3.85. The number of carboxylic acid groups (broad SMARTS) is 1. The minimum Gasteiger partial charge on any atom is -0.480 e. The zero-order valence-corrected chi connectivity index (χ0v) is 18.5. The molecule has 1 amide bonds. The zero-order valence-electron chi connectivity index (χ0n) is 18.5. The molecule has 162 valence electrons. The van der Waals surface area contributed by atoms with Gasteiger partial charge in [-0.05, 0) is 73.1 Å². The summed E-state index contributed by atoms with van der Waals surface area (Å²) in [4.78, 5) is 23.4. The summed E-state index contributed by atoms with van der Waals surface area (Å²) in [6.45, 7) is 5.25. The summed E-state index contributed by atoms with van der Waals surface area (Å²) >= 11 is 0. The first-order valence-corrected chi connectivity index (χ1v) is 10.9. The van der Waals surface area contributed by atoms with Crippen LogP contribution in [0.15, 0.2) is 66.7 Å². The van der Waals surface area contributed by atoms with Crippen molar-refractivity contribution >= 4 is 22.6 Å². The second kappa shape index (κ2) is 9.78. The molecule has 0 unspecified atom stereocenters. The summed E-state index contributed by atoms with van der Waals surface area (Å²) in [5.74, 6) is -0.923. The molecule has 0 aliphatic heterocycles. The molecule has 3 aromatic rings. The Hall–Kier alpha value is -3.14. The molecule has 2 N–H and O–H groups in total. The fraction of sp³-hybridized carbons (Fsp3) is 0.333. The number of nitrogens with one attached hydrogen (secondary N) is 1. The van der Waals surface area contributed by atoms with E-state index in [2.05, 4.69) is 54.7 Å². The highest BCUT2D eigenvalue weighted by molar-refractivity contribution is 5.97. The third kappa shape index (κ3) is 5.72. The number of fused-ring (bicyclic) bond motifs is 1. The predicted molar refractivity (Wildman–Crippen MR) is 126 cm³/mol. The molecule has 4 heteroatoms. The molecule has 0 aliphatic rings. The predicted octanol–water partition coefficient (Wildman–Crippen LogP) is 5.95. The first-order chi connectivity index (χ1) is 14.8. The number of aryl methyl sites for hydroxylation is 1. The highest BCUT2D eigenvalue weighted by Crippen LogP contribution is 2.29. The molecule has 1 atom stereocenters. The van der Waals surface area contributed by atoms with E-state index in [0.29, 0.717) is 11.5 Å². The first-order valence-electron chi connectivity index (χ1n) is 10.9. The van der Waals surface area contributed by atoms with Crippen molar-refractivity contribution in [3.8, 4) is 0 Å². The number of carboxylic acids is 1. The summed E-state index contributed by atoms with van der Waals surface area (Å²) < 4.78 is 0. The lowest BCUT2D eigenvalue weighted by atomic mass is 9.90. The van der Waals surface area contributed by atoms with Crippen LogP contribution >= 0.6 is 0 Å². The van der Waals surface area contributed by atoms with Gasteiger partial charge in [-0.1, -0.05) is 67.9 Å². The van der Waals surface area contributed by atoms with Gasteiger partial charge in [0, 0.05) is 5.56 Å². The first kappa shape index (κ1) is 22.5. The van der Waals surface area contributed by atoms with Crippen LogP contribution in [0.2, 0.25) is 0 Å². The average molecular weight is 418 g/mol. The smallest absolute Gasteiger partial charge is 0.328 e. The molecule has 0 saturated heterocycles. The fourth-order valence-electron chi connectivity index (χ4n) is 3.85. The van der Waals surface area contributed by atoms with E-state index in [1.807, 2.05) is 12.1 Å².